The molecule has 0 saturated heterocycles. The minimum absolute atomic E-state index is 0.0211. The van der Waals surface area contributed by atoms with E-state index in [4.69, 9.17) is 19.2 Å². The summed E-state index contributed by atoms with van der Waals surface area (Å²) >= 11 is 0. The van der Waals surface area contributed by atoms with Crippen LogP contribution < -0.4 is 9.47 Å². The first-order valence-corrected chi connectivity index (χ1v) is 6.99. The zero-order valence-electron chi connectivity index (χ0n) is 13.2. The number of hydrogen-bond donors (Lipinski definition) is 0. The number of ether oxygens (including phenoxy) is 2. The van der Waals surface area contributed by atoms with Gasteiger partial charge in [-0.2, -0.15) is 10.5 Å². The first-order valence-electron chi connectivity index (χ1n) is 6.99. The number of carbonyl (C=O) groups is 1. The molecule has 0 amide bonds. The van der Waals surface area contributed by atoms with Gasteiger partial charge in [0.2, 0.25) is 5.78 Å². The van der Waals surface area contributed by atoms with E-state index in [1.54, 1.807) is 25.1 Å². The Balaban J connectivity index is 2.35. The van der Waals surface area contributed by atoms with Crippen molar-refractivity contribution < 1.29 is 18.7 Å². The van der Waals surface area contributed by atoms with Gasteiger partial charge in [-0.05, 0) is 36.8 Å². The molecule has 0 radical (unpaired) electrons. The maximum Gasteiger partial charge on any atom is 0.207 e. The fourth-order valence-corrected chi connectivity index (χ4v) is 2.08. The molecule has 0 N–H and O–H groups in total. The molecular weight excluding hydrogens is 308 g/mol. The van der Waals surface area contributed by atoms with Crippen LogP contribution in [0.1, 0.15) is 21.7 Å². The van der Waals surface area contributed by atoms with Gasteiger partial charge in [0.05, 0.1) is 18.9 Å². The Morgan fingerprint density at radius 2 is 2.08 bits per heavy atom. The standard InChI is InChI=1S/C18H14N2O4/c1-12-15(5-7-23-12)18(21)14(11-20)9-13-3-4-16(24-8-6-19)17(10-13)22-2/h3-5,7,9-10H,8H2,1-2H3/b14-9+. The Kier molecular flexibility index (Phi) is 5.38. The number of rotatable bonds is 6. The molecule has 2 aromatic rings. The number of hydrogen-bond acceptors (Lipinski definition) is 6. The molecule has 6 nitrogen and oxygen atoms in total. The summed E-state index contributed by atoms with van der Waals surface area (Å²) in [6, 6.07) is 10.2. The molecule has 1 heterocycles. The van der Waals surface area contributed by atoms with E-state index in [0.717, 1.165) is 0 Å². The van der Waals surface area contributed by atoms with Crippen molar-refractivity contribution in [2.75, 3.05) is 13.7 Å². The minimum Gasteiger partial charge on any atom is -0.493 e. The van der Waals surface area contributed by atoms with E-state index in [2.05, 4.69) is 0 Å². The SMILES string of the molecule is COc1cc(/C=C(\C#N)C(=O)c2ccoc2C)ccc1OCC#N. The van der Waals surface area contributed by atoms with E-state index in [1.165, 1.54) is 25.5 Å². The molecule has 0 aliphatic carbocycles. The molecule has 0 unspecified atom stereocenters. The third kappa shape index (κ3) is 3.63. The summed E-state index contributed by atoms with van der Waals surface area (Å²) in [5.41, 5.74) is 0.929. The highest BCUT2D eigenvalue weighted by Gasteiger charge is 2.16. The van der Waals surface area contributed by atoms with Crippen molar-refractivity contribution in [2.45, 2.75) is 6.92 Å². The van der Waals surface area contributed by atoms with Gasteiger partial charge in [-0.15, -0.1) is 0 Å². The molecule has 0 bridgehead atoms. The Labute approximate surface area is 139 Å². The number of furan rings is 1. The number of ketones is 1. The lowest BCUT2D eigenvalue weighted by molar-refractivity contribution is 0.103. The monoisotopic (exact) mass is 322 g/mol. The zero-order chi connectivity index (χ0) is 17.5. The van der Waals surface area contributed by atoms with Crippen molar-refractivity contribution in [3.63, 3.8) is 0 Å². The van der Waals surface area contributed by atoms with Gasteiger partial charge in [-0.1, -0.05) is 6.07 Å². The molecular formula is C18H14N2O4. The summed E-state index contributed by atoms with van der Waals surface area (Å²) in [6.07, 6.45) is 2.87. The molecule has 6 heteroatoms. The van der Waals surface area contributed by atoms with Crippen molar-refractivity contribution in [3.8, 4) is 23.6 Å². The number of nitrogens with zero attached hydrogens (tertiary/aromatic N) is 2. The van der Waals surface area contributed by atoms with E-state index >= 15 is 0 Å². The summed E-state index contributed by atoms with van der Waals surface area (Å²) < 4.78 is 15.5. The van der Waals surface area contributed by atoms with Crippen LogP contribution in [0.25, 0.3) is 6.08 Å². The van der Waals surface area contributed by atoms with Gasteiger partial charge in [0.1, 0.15) is 23.5 Å². The van der Waals surface area contributed by atoms with E-state index in [1.807, 2.05) is 12.1 Å². The maximum absolute atomic E-state index is 12.4. The van der Waals surface area contributed by atoms with Crippen LogP contribution in [-0.4, -0.2) is 19.5 Å². The number of Topliss-reactive ketones (excluding diaryl/α,β-unsaturated/α-hetero) is 1. The fraction of sp³-hybridized carbons (Fsp3) is 0.167. The molecule has 24 heavy (non-hydrogen) atoms. The third-order valence-electron chi connectivity index (χ3n) is 3.26. The highest BCUT2D eigenvalue weighted by atomic mass is 16.5. The predicted octanol–water partition coefficient (Wildman–Crippen LogP) is 3.29. The van der Waals surface area contributed by atoms with Gasteiger partial charge >= 0.3 is 0 Å². The Morgan fingerprint density at radius 1 is 1.29 bits per heavy atom. The second-order valence-corrected chi connectivity index (χ2v) is 4.75. The largest absolute Gasteiger partial charge is 0.493 e. The fourth-order valence-electron chi connectivity index (χ4n) is 2.08. The first-order chi connectivity index (χ1) is 11.6. The molecule has 0 aliphatic rings. The van der Waals surface area contributed by atoms with Crippen LogP contribution >= 0.6 is 0 Å². The molecule has 0 atom stereocenters. The average Bonchev–Trinajstić information content (AvgIpc) is 3.03. The van der Waals surface area contributed by atoms with Crippen molar-refractivity contribution in [2.24, 2.45) is 0 Å². The average molecular weight is 322 g/mol. The van der Waals surface area contributed by atoms with E-state index < -0.39 is 5.78 Å². The van der Waals surface area contributed by atoms with Crippen molar-refractivity contribution in [1.29, 1.82) is 10.5 Å². The molecule has 120 valence electrons. The second-order valence-electron chi connectivity index (χ2n) is 4.75. The van der Waals surface area contributed by atoms with Gasteiger partial charge in [-0.3, -0.25) is 4.79 Å². The number of methoxy groups -OCH3 is 1. The zero-order valence-corrected chi connectivity index (χ0v) is 13.2. The third-order valence-corrected chi connectivity index (χ3v) is 3.26. The van der Waals surface area contributed by atoms with Crippen LogP contribution in [0.5, 0.6) is 11.5 Å². The van der Waals surface area contributed by atoms with Crippen LogP contribution in [-0.2, 0) is 0 Å². The molecule has 1 aromatic carbocycles. The van der Waals surface area contributed by atoms with Gasteiger partial charge in [-0.25, -0.2) is 0 Å². The number of aryl methyl sites for hydroxylation is 1. The first kappa shape index (κ1) is 16.9. The molecule has 1 aromatic heterocycles. The quantitative estimate of drug-likeness (QED) is 0.460. The summed E-state index contributed by atoms with van der Waals surface area (Å²) in [7, 11) is 1.47. The van der Waals surface area contributed by atoms with Crippen molar-refractivity contribution in [1.82, 2.24) is 0 Å². The van der Waals surface area contributed by atoms with E-state index in [9.17, 15) is 10.1 Å². The highest BCUT2D eigenvalue weighted by Crippen LogP contribution is 2.29. The normalized spacial score (nSPS) is 10.6. The van der Waals surface area contributed by atoms with E-state index in [0.29, 0.717) is 28.4 Å². The van der Waals surface area contributed by atoms with Gasteiger partial charge in [0, 0.05) is 0 Å². The maximum atomic E-state index is 12.4. The highest BCUT2D eigenvalue weighted by molar-refractivity contribution is 6.14. The number of carbonyl (C=O) groups excluding carboxylic acids is 1. The topological polar surface area (TPSA) is 96.2 Å². The lowest BCUT2D eigenvalue weighted by Gasteiger charge is -2.09. The van der Waals surface area contributed by atoms with Crippen molar-refractivity contribution >= 4 is 11.9 Å². The van der Waals surface area contributed by atoms with Crippen molar-refractivity contribution in [3.05, 3.63) is 53.0 Å². The summed E-state index contributed by atoms with van der Waals surface area (Å²) in [4.78, 5) is 12.4. The molecule has 0 fully saturated rings. The van der Waals surface area contributed by atoms with Gasteiger partial charge < -0.3 is 13.9 Å². The summed E-state index contributed by atoms with van der Waals surface area (Å²) in [5.74, 6) is 0.862. The van der Waals surface area contributed by atoms with Crippen LogP contribution in [0.2, 0.25) is 0 Å². The van der Waals surface area contributed by atoms with Crippen LogP contribution in [0.15, 0.2) is 40.5 Å². The Morgan fingerprint density at radius 3 is 2.67 bits per heavy atom. The molecule has 0 saturated carbocycles. The lowest BCUT2D eigenvalue weighted by Crippen LogP contribution is -2.02. The minimum atomic E-state index is -0.410. The number of allylic oxidation sites excluding steroid dienone is 1. The van der Waals surface area contributed by atoms with Crippen LogP contribution in [0, 0.1) is 29.6 Å². The summed E-state index contributed by atoms with van der Waals surface area (Å²) in [6.45, 7) is 1.56. The molecule has 0 aliphatic heterocycles. The number of benzene rings is 1. The Bertz CT molecular complexity index is 866. The number of nitriles is 2. The Hall–Kier alpha value is -3.51. The van der Waals surface area contributed by atoms with Crippen LogP contribution in [0.4, 0.5) is 0 Å². The summed E-state index contributed by atoms with van der Waals surface area (Å²) in [5, 5.41) is 17.8. The predicted molar refractivity (Wildman–Crippen MR) is 85.5 cm³/mol. The van der Waals surface area contributed by atoms with Gasteiger partial charge in [0.15, 0.2) is 18.1 Å². The van der Waals surface area contributed by atoms with Gasteiger partial charge in [0.25, 0.3) is 0 Å². The smallest absolute Gasteiger partial charge is 0.207 e. The lowest BCUT2D eigenvalue weighted by atomic mass is 10.0. The van der Waals surface area contributed by atoms with E-state index in [-0.39, 0.29) is 12.2 Å². The second kappa shape index (κ2) is 7.66. The molecule has 0 spiro atoms. The molecule has 2 rings (SSSR count). The van der Waals surface area contributed by atoms with Crippen LogP contribution in [0.3, 0.4) is 0 Å².